The molecule has 2 N–H and O–H groups in total. The number of nitrogens with one attached hydrogen (secondary N) is 2. The van der Waals surface area contributed by atoms with Gasteiger partial charge in [0.1, 0.15) is 9.88 Å². The first-order valence-electron chi connectivity index (χ1n) is 9.97. The van der Waals surface area contributed by atoms with Crippen molar-refractivity contribution in [1.29, 1.82) is 0 Å². The summed E-state index contributed by atoms with van der Waals surface area (Å²) in [7, 11) is 1.73. The number of aliphatic imine (C=N–C) groups is 1. The molecular weight excluding hydrogens is 398 g/mol. The lowest BCUT2D eigenvalue weighted by atomic mass is 10.1. The van der Waals surface area contributed by atoms with E-state index < -0.39 is 0 Å². The molecule has 30 heavy (non-hydrogen) atoms. The lowest BCUT2D eigenvalue weighted by Gasteiger charge is -2.16. The third kappa shape index (κ3) is 5.13. The van der Waals surface area contributed by atoms with Crippen molar-refractivity contribution >= 4 is 34.2 Å². The molecule has 3 aromatic rings. The number of para-hydroxylation sites is 1. The minimum atomic E-state index is -0.322. The predicted molar refractivity (Wildman–Crippen MR) is 121 cm³/mol. The summed E-state index contributed by atoms with van der Waals surface area (Å²) in [5, 5.41) is 8.64. The molecule has 0 radical (unpaired) electrons. The number of carbonyl (C=O) groups excluding carboxylic acids is 1. The number of aromatic nitrogens is 2. The second kappa shape index (κ2) is 10.2. The minimum absolute atomic E-state index is 0.0951. The summed E-state index contributed by atoms with van der Waals surface area (Å²) < 4.78 is 5.10. The number of guanidine groups is 1. The van der Waals surface area contributed by atoms with Gasteiger partial charge in [0.25, 0.3) is 0 Å². The first-order chi connectivity index (χ1) is 14.5. The number of esters is 1. The van der Waals surface area contributed by atoms with E-state index in [0.29, 0.717) is 29.7 Å². The molecule has 0 amide bonds. The summed E-state index contributed by atoms with van der Waals surface area (Å²) in [4.78, 5) is 25.9. The Morgan fingerprint density at radius 1 is 1.30 bits per heavy atom. The Hall–Kier alpha value is -3.00. The van der Waals surface area contributed by atoms with Gasteiger partial charge in [0, 0.05) is 25.2 Å². The van der Waals surface area contributed by atoms with Crippen LogP contribution >= 0.6 is 11.3 Å². The monoisotopic (exact) mass is 425 g/mol. The van der Waals surface area contributed by atoms with Crippen LogP contribution in [0.3, 0.4) is 0 Å². The molecule has 0 bridgehead atoms. The summed E-state index contributed by atoms with van der Waals surface area (Å²) in [6.07, 6.45) is 2.65. The van der Waals surface area contributed by atoms with Gasteiger partial charge in [-0.2, -0.15) is 0 Å². The van der Waals surface area contributed by atoms with Crippen LogP contribution in [0.2, 0.25) is 0 Å². The van der Waals surface area contributed by atoms with Gasteiger partial charge in [0.15, 0.2) is 5.96 Å². The number of pyridine rings is 1. The highest BCUT2D eigenvalue weighted by Crippen LogP contribution is 2.24. The second-order valence-corrected chi connectivity index (χ2v) is 7.83. The Labute approximate surface area is 180 Å². The number of carbonyl (C=O) groups is 1. The molecule has 158 valence electrons. The van der Waals surface area contributed by atoms with E-state index in [1.807, 2.05) is 26.1 Å². The molecule has 8 heteroatoms. The van der Waals surface area contributed by atoms with Crippen molar-refractivity contribution < 1.29 is 9.53 Å². The SMILES string of the molecule is CCOC(=O)c1sc(C(C)NC(=NC)NCCc2cccc3cccnc23)nc1C. The molecule has 0 saturated carbocycles. The lowest BCUT2D eigenvalue weighted by molar-refractivity contribution is 0.0531. The van der Waals surface area contributed by atoms with Gasteiger partial charge in [-0.3, -0.25) is 9.98 Å². The van der Waals surface area contributed by atoms with Gasteiger partial charge in [-0.15, -0.1) is 11.3 Å². The van der Waals surface area contributed by atoms with Crippen molar-refractivity contribution in [2.45, 2.75) is 33.2 Å². The summed E-state index contributed by atoms with van der Waals surface area (Å²) in [5.74, 6) is 0.360. The maximum Gasteiger partial charge on any atom is 0.350 e. The molecule has 0 fully saturated rings. The van der Waals surface area contributed by atoms with Crippen molar-refractivity contribution in [3.63, 3.8) is 0 Å². The van der Waals surface area contributed by atoms with Gasteiger partial charge in [-0.05, 0) is 38.8 Å². The zero-order chi connectivity index (χ0) is 21.5. The molecule has 1 unspecified atom stereocenters. The average Bonchev–Trinajstić information content (AvgIpc) is 3.15. The van der Waals surface area contributed by atoms with E-state index in [4.69, 9.17) is 4.74 Å². The number of thiazole rings is 1. The van der Waals surface area contributed by atoms with Crippen molar-refractivity contribution in [1.82, 2.24) is 20.6 Å². The molecule has 0 saturated heterocycles. The molecule has 0 aliphatic carbocycles. The zero-order valence-corrected chi connectivity index (χ0v) is 18.5. The highest BCUT2D eigenvalue weighted by Gasteiger charge is 2.20. The van der Waals surface area contributed by atoms with E-state index in [0.717, 1.165) is 22.3 Å². The van der Waals surface area contributed by atoms with E-state index in [1.54, 1.807) is 14.0 Å². The Morgan fingerprint density at radius 3 is 2.87 bits per heavy atom. The van der Waals surface area contributed by atoms with Crippen LogP contribution in [-0.4, -0.2) is 42.1 Å². The third-order valence-corrected chi connectivity index (χ3v) is 5.94. The maximum absolute atomic E-state index is 12.0. The first kappa shape index (κ1) is 21.7. The number of ether oxygens (including phenoxy) is 1. The van der Waals surface area contributed by atoms with Crippen LogP contribution in [0.1, 0.15) is 45.8 Å². The molecular formula is C22H27N5O2S. The van der Waals surface area contributed by atoms with E-state index in [9.17, 15) is 4.79 Å². The van der Waals surface area contributed by atoms with Crippen LogP contribution in [-0.2, 0) is 11.2 Å². The average molecular weight is 426 g/mol. The van der Waals surface area contributed by atoms with Gasteiger partial charge in [-0.25, -0.2) is 9.78 Å². The fourth-order valence-electron chi connectivity index (χ4n) is 3.13. The molecule has 0 aliphatic heterocycles. The highest BCUT2D eigenvalue weighted by atomic mass is 32.1. The fraction of sp³-hybridized carbons (Fsp3) is 0.364. The summed E-state index contributed by atoms with van der Waals surface area (Å²) in [5.41, 5.74) is 2.91. The second-order valence-electron chi connectivity index (χ2n) is 6.79. The Kier molecular flexibility index (Phi) is 7.35. The van der Waals surface area contributed by atoms with Crippen LogP contribution in [0.15, 0.2) is 41.5 Å². The number of fused-ring (bicyclic) bond motifs is 1. The maximum atomic E-state index is 12.0. The lowest BCUT2D eigenvalue weighted by Crippen LogP contribution is -2.39. The van der Waals surface area contributed by atoms with E-state index in [1.165, 1.54) is 16.9 Å². The number of hydrogen-bond donors (Lipinski definition) is 2. The van der Waals surface area contributed by atoms with Crippen molar-refractivity contribution in [3.05, 3.63) is 57.7 Å². The zero-order valence-electron chi connectivity index (χ0n) is 17.7. The fourth-order valence-corrected chi connectivity index (χ4v) is 4.10. The number of aryl methyl sites for hydroxylation is 1. The molecule has 2 heterocycles. The van der Waals surface area contributed by atoms with Crippen molar-refractivity contribution in [2.24, 2.45) is 4.99 Å². The Bertz CT molecular complexity index is 1040. The van der Waals surface area contributed by atoms with Crippen LogP contribution < -0.4 is 10.6 Å². The van der Waals surface area contributed by atoms with E-state index in [-0.39, 0.29) is 12.0 Å². The number of benzene rings is 1. The van der Waals surface area contributed by atoms with Crippen LogP contribution in [0, 0.1) is 6.92 Å². The van der Waals surface area contributed by atoms with Gasteiger partial charge >= 0.3 is 5.97 Å². The molecule has 1 aromatic carbocycles. The number of hydrogen-bond acceptors (Lipinski definition) is 6. The highest BCUT2D eigenvalue weighted by molar-refractivity contribution is 7.13. The van der Waals surface area contributed by atoms with Crippen molar-refractivity contribution in [2.75, 3.05) is 20.2 Å². The summed E-state index contributed by atoms with van der Waals surface area (Å²) in [6, 6.07) is 10.2. The van der Waals surface area contributed by atoms with E-state index >= 15 is 0 Å². The minimum Gasteiger partial charge on any atom is -0.462 e. The Morgan fingerprint density at radius 2 is 2.10 bits per heavy atom. The normalized spacial score (nSPS) is 12.6. The summed E-state index contributed by atoms with van der Waals surface area (Å²) >= 11 is 1.35. The van der Waals surface area contributed by atoms with Crippen LogP contribution in [0.4, 0.5) is 0 Å². The van der Waals surface area contributed by atoms with Crippen molar-refractivity contribution in [3.8, 4) is 0 Å². The third-order valence-electron chi connectivity index (χ3n) is 4.62. The van der Waals surface area contributed by atoms with E-state index in [2.05, 4.69) is 49.9 Å². The van der Waals surface area contributed by atoms with Gasteiger partial charge in [0.05, 0.1) is 23.9 Å². The smallest absolute Gasteiger partial charge is 0.350 e. The number of rotatable bonds is 7. The Balaban J connectivity index is 1.59. The summed E-state index contributed by atoms with van der Waals surface area (Å²) in [6.45, 7) is 6.68. The molecule has 2 aromatic heterocycles. The van der Waals surface area contributed by atoms with Gasteiger partial charge in [-0.1, -0.05) is 24.3 Å². The van der Waals surface area contributed by atoms with Crippen LogP contribution in [0.25, 0.3) is 10.9 Å². The quantitative estimate of drug-likeness (QED) is 0.341. The topological polar surface area (TPSA) is 88.5 Å². The molecule has 3 rings (SSSR count). The first-order valence-corrected chi connectivity index (χ1v) is 10.8. The van der Waals surface area contributed by atoms with Crippen LogP contribution in [0.5, 0.6) is 0 Å². The molecule has 1 atom stereocenters. The molecule has 0 spiro atoms. The largest absolute Gasteiger partial charge is 0.462 e. The molecule has 0 aliphatic rings. The molecule has 7 nitrogen and oxygen atoms in total. The van der Waals surface area contributed by atoms with Gasteiger partial charge in [0.2, 0.25) is 0 Å². The number of nitrogens with zero attached hydrogens (tertiary/aromatic N) is 3. The predicted octanol–water partition coefficient (Wildman–Crippen LogP) is 3.65. The van der Waals surface area contributed by atoms with Gasteiger partial charge < -0.3 is 15.4 Å². The standard InChI is InChI=1S/C22H27N5O2S/c1-5-29-21(28)19-14(2)26-20(30-19)15(3)27-22(23-4)25-13-11-17-9-6-8-16-10-7-12-24-18(16)17/h6-10,12,15H,5,11,13H2,1-4H3,(H2,23,25,27).